The van der Waals surface area contributed by atoms with Crippen molar-refractivity contribution in [2.75, 3.05) is 5.32 Å². The van der Waals surface area contributed by atoms with Gasteiger partial charge in [0.15, 0.2) is 0 Å². The van der Waals surface area contributed by atoms with Crippen LogP contribution in [0.4, 0.5) is 5.69 Å². The summed E-state index contributed by atoms with van der Waals surface area (Å²) >= 11 is 0. The van der Waals surface area contributed by atoms with Crippen LogP contribution in [-0.2, 0) is 10.2 Å². The Labute approximate surface area is 128 Å². The lowest BCUT2D eigenvalue weighted by Crippen LogP contribution is -2.17. The van der Waals surface area contributed by atoms with Crippen molar-refractivity contribution in [3.05, 3.63) is 24.0 Å². The molecule has 1 aliphatic carbocycles. The maximum atomic E-state index is 12.1. The van der Waals surface area contributed by atoms with Gasteiger partial charge in [0.25, 0.3) is 0 Å². The van der Waals surface area contributed by atoms with E-state index >= 15 is 0 Å². The fraction of sp³-hybridized carbons (Fsp3) is 0.667. The fourth-order valence-corrected chi connectivity index (χ4v) is 2.95. The molecule has 0 unspecified atom stereocenters. The molecule has 2 rings (SSSR count). The van der Waals surface area contributed by atoms with Gasteiger partial charge >= 0.3 is 0 Å². The van der Waals surface area contributed by atoms with Crippen molar-refractivity contribution in [1.29, 1.82) is 0 Å². The smallest absolute Gasteiger partial charge is 0.224 e. The van der Waals surface area contributed by atoms with E-state index in [0.717, 1.165) is 23.7 Å². The topological polar surface area (TPSA) is 42.0 Å². The van der Waals surface area contributed by atoms with Gasteiger partial charge in [0.1, 0.15) is 0 Å². The summed E-state index contributed by atoms with van der Waals surface area (Å²) in [5, 5.41) is 3.02. The minimum absolute atomic E-state index is 0.00281. The Kier molecular flexibility index (Phi) is 5.38. The van der Waals surface area contributed by atoms with E-state index in [1.165, 1.54) is 32.1 Å². The first-order valence-corrected chi connectivity index (χ1v) is 8.21. The molecule has 3 heteroatoms. The minimum Gasteiger partial charge on any atom is -0.326 e. The lowest BCUT2D eigenvalue weighted by molar-refractivity contribution is -0.116. The lowest BCUT2D eigenvalue weighted by atomic mass is 9.86. The molecule has 1 fully saturated rings. The normalized spacial score (nSPS) is 16.7. The fourth-order valence-electron chi connectivity index (χ4n) is 2.95. The first-order chi connectivity index (χ1) is 9.95. The molecule has 1 saturated carbocycles. The van der Waals surface area contributed by atoms with Crippen molar-refractivity contribution < 1.29 is 4.79 Å². The summed E-state index contributed by atoms with van der Waals surface area (Å²) in [5.74, 6) is 0.888. The molecular weight excluding hydrogens is 260 g/mol. The zero-order valence-corrected chi connectivity index (χ0v) is 13.6. The van der Waals surface area contributed by atoms with Crippen LogP contribution in [0.15, 0.2) is 18.3 Å². The highest BCUT2D eigenvalue weighted by Gasteiger charge is 2.17. The highest BCUT2D eigenvalue weighted by molar-refractivity contribution is 5.90. The van der Waals surface area contributed by atoms with Crippen LogP contribution in [0.3, 0.4) is 0 Å². The van der Waals surface area contributed by atoms with Gasteiger partial charge in [-0.25, -0.2) is 0 Å². The van der Waals surface area contributed by atoms with Gasteiger partial charge in [-0.05, 0) is 24.5 Å². The summed E-state index contributed by atoms with van der Waals surface area (Å²) in [6, 6.07) is 3.85. The number of rotatable bonds is 4. The molecule has 0 spiro atoms. The van der Waals surface area contributed by atoms with Gasteiger partial charge in [-0.1, -0.05) is 52.9 Å². The van der Waals surface area contributed by atoms with Gasteiger partial charge < -0.3 is 5.32 Å². The average Bonchev–Trinajstić information content (AvgIpc) is 2.46. The number of nitrogens with zero attached hydrogens (tertiary/aromatic N) is 1. The van der Waals surface area contributed by atoms with Crippen LogP contribution in [0.2, 0.25) is 0 Å². The molecule has 1 N–H and O–H groups in total. The molecule has 0 radical (unpaired) electrons. The molecule has 0 aliphatic heterocycles. The van der Waals surface area contributed by atoms with E-state index in [4.69, 9.17) is 0 Å². The number of hydrogen-bond acceptors (Lipinski definition) is 2. The summed E-state index contributed by atoms with van der Waals surface area (Å²) in [4.78, 5) is 16.5. The average molecular weight is 288 g/mol. The van der Waals surface area contributed by atoms with Crippen LogP contribution in [0, 0.1) is 5.92 Å². The first kappa shape index (κ1) is 16.0. The van der Waals surface area contributed by atoms with Crippen molar-refractivity contribution in [3.8, 4) is 0 Å². The largest absolute Gasteiger partial charge is 0.326 e. The monoisotopic (exact) mass is 288 g/mol. The van der Waals surface area contributed by atoms with Crippen LogP contribution in [-0.4, -0.2) is 10.9 Å². The Balaban J connectivity index is 1.84. The van der Waals surface area contributed by atoms with E-state index in [0.29, 0.717) is 6.42 Å². The summed E-state index contributed by atoms with van der Waals surface area (Å²) in [7, 11) is 0. The predicted molar refractivity (Wildman–Crippen MR) is 87.4 cm³/mol. The second kappa shape index (κ2) is 7.06. The molecular formula is C18H28N2O. The Morgan fingerprint density at radius 2 is 2.00 bits per heavy atom. The molecule has 1 aliphatic rings. The van der Waals surface area contributed by atoms with Crippen LogP contribution in [0.1, 0.15) is 71.4 Å². The third-order valence-corrected chi connectivity index (χ3v) is 4.32. The van der Waals surface area contributed by atoms with Crippen molar-refractivity contribution in [2.24, 2.45) is 5.92 Å². The maximum absolute atomic E-state index is 12.1. The Morgan fingerprint density at radius 3 is 2.67 bits per heavy atom. The zero-order valence-electron chi connectivity index (χ0n) is 13.6. The summed E-state index contributed by atoms with van der Waals surface area (Å²) < 4.78 is 0. The van der Waals surface area contributed by atoms with Gasteiger partial charge in [0.2, 0.25) is 5.91 Å². The predicted octanol–water partition coefficient (Wildman–Crippen LogP) is 4.68. The van der Waals surface area contributed by atoms with Gasteiger partial charge in [-0.2, -0.15) is 0 Å². The van der Waals surface area contributed by atoms with Gasteiger partial charge in [-0.3, -0.25) is 9.78 Å². The number of nitrogens with one attached hydrogen (secondary N) is 1. The molecule has 0 bridgehead atoms. The van der Waals surface area contributed by atoms with E-state index in [1.54, 1.807) is 6.20 Å². The molecule has 1 aromatic rings. The highest BCUT2D eigenvalue weighted by Crippen LogP contribution is 2.27. The molecule has 1 amide bonds. The van der Waals surface area contributed by atoms with Gasteiger partial charge in [0, 0.05) is 29.4 Å². The summed E-state index contributed by atoms with van der Waals surface area (Å²) in [6.45, 7) is 6.39. The molecule has 0 saturated heterocycles. The van der Waals surface area contributed by atoms with Crippen LogP contribution < -0.4 is 5.32 Å². The van der Waals surface area contributed by atoms with E-state index in [9.17, 15) is 4.79 Å². The SMILES string of the molecule is CC(C)(C)c1cc(NC(=O)CCC2CCCCC2)ccn1. The quantitative estimate of drug-likeness (QED) is 0.874. The summed E-state index contributed by atoms with van der Waals surface area (Å²) in [6.07, 6.45) is 10.1. The Hall–Kier alpha value is -1.38. The standard InChI is InChI=1S/C18H28N2O/c1-18(2,3)16-13-15(11-12-19-16)20-17(21)10-9-14-7-5-4-6-8-14/h11-14H,4-10H2,1-3H3,(H,19,20,21). The third kappa shape index (κ3) is 5.14. The number of amides is 1. The minimum atomic E-state index is 0.00281. The van der Waals surface area contributed by atoms with Crippen molar-refractivity contribution >= 4 is 11.6 Å². The first-order valence-electron chi connectivity index (χ1n) is 8.21. The molecule has 3 nitrogen and oxygen atoms in total. The maximum Gasteiger partial charge on any atom is 0.224 e. The number of aromatic nitrogens is 1. The Morgan fingerprint density at radius 1 is 1.29 bits per heavy atom. The second-order valence-corrected chi connectivity index (χ2v) is 7.27. The van der Waals surface area contributed by atoms with E-state index < -0.39 is 0 Å². The zero-order chi connectivity index (χ0) is 15.3. The number of hydrogen-bond donors (Lipinski definition) is 1. The van der Waals surface area contributed by atoms with Gasteiger partial charge in [-0.15, -0.1) is 0 Å². The van der Waals surface area contributed by atoms with E-state index in [2.05, 4.69) is 31.1 Å². The molecule has 0 aromatic carbocycles. The van der Waals surface area contributed by atoms with Crippen LogP contribution in [0.5, 0.6) is 0 Å². The van der Waals surface area contributed by atoms with Crippen molar-refractivity contribution in [3.63, 3.8) is 0 Å². The van der Waals surface area contributed by atoms with Crippen molar-refractivity contribution in [1.82, 2.24) is 4.98 Å². The number of anilines is 1. The molecule has 0 atom stereocenters. The molecule has 21 heavy (non-hydrogen) atoms. The number of carbonyl (C=O) groups excluding carboxylic acids is 1. The van der Waals surface area contributed by atoms with Crippen LogP contribution in [0.25, 0.3) is 0 Å². The third-order valence-electron chi connectivity index (χ3n) is 4.32. The molecule has 1 heterocycles. The Bertz CT molecular complexity index is 470. The number of pyridine rings is 1. The van der Waals surface area contributed by atoms with Crippen LogP contribution >= 0.6 is 0 Å². The van der Waals surface area contributed by atoms with Gasteiger partial charge in [0.05, 0.1) is 0 Å². The second-order valence-electron chi connectivity index (χ2n) is 7.27. The highest BCUT2D eigenvalue weighted by atomic mass is 16.1. The molecule has 1 aromatic heterocycles. The molecule has 116 valence electrons. The van der Waals surface area contributed by atoms with E-state index in [-0.39, 0.29) is 11.3 Å². The number of carbonyl (C=O) groups is 1. The van der Waals surface area contributed by atoms with Crippen molar-refractivity contribution in [2.45, 2.75) is 71.1 Å². The summed E-state index contributed by atoms with van der Waals surface area (Å²) in [5.41, 5.74) is 1.87. The lowest BCUT2D eigenvalue weighted by Gasteiger charge is -2.21. The van der Waals surface area contributed by atoms with E-state index in [1.807, 2.05) is 12.1 Å².